The zero-order valence-corrected chi connectivity index (χ0v) is 27.5. The SMILES string of the molecule is Bc1c(B)c(B)c2c(-c3cccc4oc5c6ccccc6ccc5c34)c3c(B)c(B)c(B)c(B)c3c(-c3ccccc3)c2c1B. The molecule has 0 fully saturated rings. The number of furan rings is 1. The maximum Gasteiger partial charge on any atom is 0.143 e. The topological polar surface area (TPSA) is 13.1 Å². The first-order chi connectivity index (χ1) is 21.7. The van der Waals surface area contributed by atoms with E-state index in [1.807, 2.05) is 0 Å². The second-order valence-electron chi connectivity index (χ2n) is 13.1. The second-order valence-corrected chi connectivity index (χ2v) is 13.1. The molecule has 0 saturated heterocycles. The number of hydrogen-bond acceptors (Lipinski definition) is 1. The maximum absolute atomic E-state index is 6.74. The molecule has 0 amide bonds. The van der Waals surface area contributed by atoms with Crippen LogP contribution in [-0.4, -0.2) is 62.8 Å². The predicted octanol–water partition coefficient (Wildman–Crippen LogP) is -3.55. The van der Waals surface area contributed by atoms with Crippen LogP contribution >= 0.6 is 0 Å². The van der Waals surface area contributed by atoms with Crippen molar-refractivity contribution in [2.24, 2.45) is 0 Å². The van der Waals surface area contributed by atoms with E-state index in [2.05, 4.69) is 148 Å². The Labute approximate surface area is 271 Å². The van der Waals surface area contributed by atoms with Gasteiger partial charge in [-0.3, -0.25) is 0 Å². The molecule has 8 rings (SSSR count). The lowest BCUT2D eigenvalue weighted by Gasteiger charge is -2.28. The van der Waals surface area contributed by atoms with Gasteiger partial charge in [-0.1, -0.05) is 94.6 Å². The molecule has 0 unspecified atom stereocenters. The summed E-state index contributed by atoms with van der Waals surface area (Å²) < 4.78 is 6.74. The summed E-state index contributed by atoms with van der Waals surface area (Å²) in [6.45, 7) is 0. The van der Waals surface area contributed by atoms with Crippen molar-refractivity contribution in [2.45, 2.75) is 0 Å². The van der Waals surface area contributed by atoms with Gasteiger partial charge in [-0.05, 0) is 61.3 Å². The van der Waals surface area contributed by atoms with E-state index in [1.54, 1.807) is 0 Å². The van der Waals surface area contributed by atoms with Crippen LogP contribution in [0.1, 0.15) is 0 Å². The van der Waals surface area contributed by atoms with E-state index in [0.29, 0.717) is 0 Å². The zero-order valence-electron chi connectivity index (χ0n) is 27.5. The zero-order chi connectivity index (χ0) is 31.3. The first-order valence-corrected chi connectivity index (χ1v) is 16.1. The highest BCUT2D eigenvalue weighted by atomic mass is 16.3. The second kappa shape index (κ2) is 10.1. The van der Waals surface area contributed by atoms with E-state index in [9.17, 15) is 0 Å². The lowest BCUT2D eigenvalue weighted by molar-refractivity contribution is 0.673. The van der Waals surface area contributed by atoms with Crippen molar-refractivity contribution in [3.8, 4) is 22.3 Å². The third kappa shape index (κ3) is 3.80. The van der Waals surface area contributed by atoms with E-state index in [4.69, 9.17) is 4.42 Å². The molecule has 0 aliphatic heterocycles. The normalized spacial score (nSPS) is 11.8. The largest absolute Gasteiger partial charge is 0.455 e. The number of hydrogen-bond donors (Lipinski definition) is 0. The maximum atomic E-state index is 6.74. The van der Waals surface area contributed by atoms with Crippen LogP contribution in [0.15, 0.2) is 89.3 Å². The number of rotatable bonds is 2. The lowest BCUT2D eigenvalue weighted by atomic mass is 9.59. The number of fused-ring (bicyclic) bond motifs is 7. The predicted molar refractivity (Wildman–Crippen MR) is 223 cm³/mol. The summed E-state index contributed by atoms with van der Waals surface area (Å²) in [7, 11) is 18.5. The Hall–Kier alpha value is -4.36. The Balaban J connectivity index is 1.71. The minimum Gasteiger partial charge on any atom is -0.455 e. The molecule has 45 heavy (non-hydrogen) atoms. The molecule has 1 heterocycles. The Morgan fingerprint density at radius 2 is 0.911 bits per heavy atom. The highest BCUT2D eigenvalue weighted by Crippen LogP contribution is 2.45. The lowest BCUT2D eigenvalue weighted by Crippen LogP contribution is -2.50. The van der Waals surface area contributed by atoms with E-state index in [1.165, 1.54) is 104 Å². The average Bonchev–Trinajstić information content (AvgIpc) is 3.46. The van der Waals surface area contributed by atoms with E-state index in [-0.39, 0.29) is 0 Å². The average molecular weight is 565 g/mol. The van der Waals surface area contributed by atoms with Crippen molar-refractivity contribution in [3.63, 3.8) is 0 Å². The summed E-state index contributed by atoms with van der Waals surface area (Å²) in [6, 6.07) is 30.7. The van der Waals surface area contributed by atoms with Crippen LogP contribution in [0.25, 0.3) is 76.5 Å². The molecular weight excluding hydrogens is 535 g/mol. The minimum absolute atomic E-state index is 0.934. The van der Waals surface area contributed by atoms with Crippen LogP contribution in [0, 0.1) is 0 Å². The van der Waals surface area contributed by atoms with Crippen molar-refractivity contribution in [1.29, 1.82) is 0 Å². The van der Waals surface area contributed by atoms with Crippen LogP contribution in [0.3, 0.4) is 0 Å². The van der Waals surface area contributed by atoms with Gasteiger partial charge in [0.15, 0.2) is 0 Å². The third-order valence-electron chi connectivity index (χ3n) is 11.1. The molecule has 7 aromatic carbocycles. The first kappa shape index (κ1) is 28.1. The summed E-state index contributed by atoms with van der Waals surface area (Å²) in [5.74, 6) is 0. The van der Waals surface area contributed by atoms with Crippen LogP contribution in [0.5, 0.6) is 0 Å². The van der Waals surface area contributed by atoms with Crippen molar-refractivity contribution < 1.29 is 4.42 Å². The molecule has 0 aliphatic rings. The van der Waals surface area contributed by atoms with Gasteiger partial charge >= 0.3 is 0 Å². The van der Waals surface area contributed by atoms with E-state index >= 15 is 0 Å². The third-order valence-corrected chi connectivity index (χ3v) is 11.1. The summed E-state index contributed by atoms with van der Waals surface area (Å²) in [5, 5.41) is 10.2. The molecule has 1 nitrogen and oxygen atoms in total. The molecule has 8 aromatic rings. The standard InChI is InChI=1S/C36H30B8O/c37-28-24-21(16-8-2-1-3-9-16)25-27(31(40)35(44)33(42)29(25)38)23(26(24)30(39)34(43)32(28)41)18-11-6-12-20-22(18)19-14-13-15-7-4-5-10-17(15)36(19)45-20/h1-14H,37-44H2. The molecule has 204 valence electrons. The Kier molecular flexibility index (Phi) is 6.30. The number of benzene rings is 7. The van der Waals surface area contributed by atoms with Crippen LogP contribution in [-0.2, 0) is 0 Å². The van der Waals surface area contributed by atoms with Gasteiger partial charge in [0.2, 0.25) is 0 Å². The van der Waals surface area contributed by atoms with Crippen molar-refractivity contribution in [1.82, 2.24) is 0 Å². The highest BCUT2D eigenvalue weighted by molar-refractivity contribution is 6.71. The van der Waals surface area contributed by atoms with Gasteiger partial charge in [0.1, 0.15) is 73.9 Å². The fraction of sp³-hybridized carbons (Fsp3) is 0. The van der Waals surface area contributed by atoms with Gasteiger partial charge < -0.3 is 4.42 Å². The summed E-state index contributed by atoms with van der Waals surface area (Å²) >= 11 is 0. The smallest absolute Gasteiger partial charge is 0.143 e. The van der Waals surface area contributed by atoms with Crippen LogP contribution in [0.4, 0.5) is 0 Å². The molecule has 1 aromatic heterocycles. The van der Waals surface area contributed by atoms with Crippen LogP contribution in [0.2, 0.25) is 0 Å². The summed E-state index contributed by atoms with van der Waals surface area (Å²) in [6.07, 6.45) is 0. The van der Waals surface area contributed by atoms with Crippen molar-refractivity contribution >= 4 is 161 Å². The molecule has 9 heteroatoms. The van der Waals surface area contributed by atoms with Gasteiger partial charge in [-0.2, -0.15) is 0 Å². The van der Waals surface area contributed by atoms with Crippen molar-refractivity contribution in [3.05, 3.63) is 84.9 Å². The monoisotopic (exact) mass is 566 g/mol. The fourth-order valence-electron chi connectivity index (χ4n) is 8.05. The van der Waals surface area contributed by atoms with E-state index < -0.39 is 0 Å². The van der Waals surface area contributed by atoms with Gasteiger partial charge in [0.05, 0.1) is 0 Å². The molecule has 0 spiro atoms. The molecule has 0 saturated carbocycles. The minimum atomic E-state index is 0.934. The Morgan fingerprint density at radius 1 is 0.378 bits per heavy atom. The summed E-state index contributed by atoms with van der Waals surface area (Å²) in [5.41, 5.74) is 18.0. The molecule has 0 aliphatic carbocycles. The van der Waals surface area contributed by atoms with E-state index in [0.717, 1.165) is 16.6 Å². The summed E-state index contributed by atoms with van der Waals surface area (Å²) in [4.78, 5) is 0. The Morgan fingerprint density at radius 3 is 1.51 bits per heavy atom. The molecule has 0 radical (unpaired) electrons. The molecule has 0 bridgehead atoms. The van der Waals surface area contributed by atoms with Gasteiger partial charge in [0.25, 0.3) is 0 Å². The van der Waals surface area contributed by atoms with Crippen molar-refractivity contribution in [2.75, 3.05) is 0 Å². The fourth-order valence-corrected chi connectivity index (χ4v) is 8.05. The quantitative estimate of drug-likeness (QED) is 0.157. The first-order valence-electron chi connectivity index (χ1n) is 16.1. The molecule has 0 N–H and O–H groups in total. The van der Waals surface area contributed by atoms with Crippen LogP contribution < -0.4 is 43.7 Å². The van der Waals surface area contributed by atoms with Gasteiger partial charge in [0, 0.05) is 16.2 Å². The molecular formula is C36H30B8O. The van der Waals surface area contributed by atoms with Gasteiger partial charge in [-0.25, -0.2) is 0 Å². The van der Waals surface area contributed by atoms with Gasteiger partial charge in [-0.15, -0.1) is 21.9 Å². The Bertz CT molecular complexity index is 2490. The highest BCUT2D eigenvalue weighted by Gasteiger charge is 2.26. The molecule has 0 atom stereocenters.